The van der Waals surface area contributed by atoms with Crippen LogP contribution in [0.1, 0.15) is 79.1 Å². The van der Waals surface area contributed by atoms with Gasteiger partial charge in [0.2, 0.25) is 0 Å². The van der Waals surface area contributed by atoms with Crippen molar-refractivity contribution in [3.05, 3.63) is 0 Å². The summed E-state index contributed by atoms with van der Waals surface area (Å²) in [5.41, 5.74) is -0.158. The van der Waals surface area contributed by atoms with Crippen LogP contribution in [0.25, 0.3) is 0 Å². The van der Waals surface area contributed by atoms with E-state index in [2.05, 4.69) is 13.8 Å². The standard InChI is InChI=1S/C18H34O2/c1-13(7-5-11-17(2,3)20)14-9-10-15-16(19)8-6-12-18(14,15)4/h13-16,19-20H,5-12H2,1-4H3/t13?,14-,15+,16+,18-/m1/s1. The van der Waals surface area contributed by atoms with Crippen molar-refractivity contribution in [1.29, 1.82) is 0 Å². The monoisotopic (exact) mass is 282 g/mol. The van der Waals surface area contributed by atoms with Gasteiger partial charge in [0.25, 0.3) is 0 Å². The average Bonchev–Trinajstić information content (AvgIpc) is 2.66. The molecular formula is C18H34O2. The Kier molecular flexibility index (Phi) is 4.86. The average molecular weight is 282 g/mol. The summed E-state index contributed by atoms with van der Waals surface area (Å²) < 4.78 is 0. The fourth-order valence-corrected chi connectivity index (χ4v) is 5.18. The molecule has 2 rings (SSSR count). The van der Waals surface area contributed by atoms with Crippen LogP contribution < -0.4 is 0 Å². The van der Waals surface area contributed by atoms with Crippen LogP contribution in [0, 0.1) is 23.2 Å². The molecule has 2 N–H and O–H groups in total. The van der Waals surface area contributed by atoms with E-state index in [9.17, 15) is 10.2 Å². The second-order valence-corrected chi connectivity index (χ2v) is 8.44. The van der Waals surface area contributed by atoms with Crippen LogP contribution in [0.4, 0.5) is 0 Å². The van der Waals surface area contributed by atoms with E-state index >= 15 is 0 Å². The lowest BCUT2D eigenvalue weighted by Gasteiger charge is -2.45. The van der Waals surface area contributed by atoms with Gasteiger partial charge in [0, 0.05) is 0 Å². The highest BCUT2D eigenvalue weighted by Crippen LogP contribution is 2.58. The SMILES string of the molecule is CC(CCCC(C)(C)O)[C@H]1CC[C@H]2[C@@H](O)CCC[C@]12C. The van der Waals surface area contributed by atoms with Crippen LogP contribution in [0.2, 0.25) is 0 Å². The lowest BCUT2D eigenvalue weighted by atomic mass is 9.61. The highest BCUT2D eigenvalue weighted by molar-refractivity contribution is 5.01. The fraction of sp³-hybridized carbons (Fsp3) is 1.00. The predicted molar refractivity (Wildman–Crippen MR) is 83.5 cm³/mol. The molecule has 2 saturated carbocycles. The van der Waals surface area contributed by atoms with E-state index in [1.54, 1.807) is 0 Å². The van der Waals surface area contributed by atoms with Gasteiger partial charge in [-0.05, 0) is 69.1 Å². The summed E-state index contributed by atoms with van der Waals surface area (Å²) in [6.45, 7) is 8.64. The first kappa shape index (κ1) is 16.3. The molecular weight excluding hydrogens is 248 g/mol. The Morgan fingerprint density at radius 2 is 1.95 bits per heavy atom. The van der Waals surface area contributed by atoms with Crippen LogP contribution in [0.3, 0.4) is 0 Å². The van der Waals surface area contributed by atoms with Crippen LogP contribution in [-0.4, -0.2) is 21.9 Å². The molecule has 0 amide bonds. The van der Waals surface area contributed by atoms with Crippen molar-refractivity contribution < 1.29 is 10.2 Å². The van der Waals surface area contributed by atoms with E-state index < -0.39 is 5.60 Å². The van der Waals surface area contributed by atoms with Gasteiger partial charge in [0.05, 0.1) is 11.7 Å². The molecule has 0 aromatic heterocycles. The van der Waals surface area contributed by atoms with Crippen LogP contribution >= 0.6 is 0 Å². The molecule has 20 heavy (non-hydrogen) atoms. The zero-order valence-corrected chi connectivity index (χ0v) is 13.9. The van der Waals surface area contributed by atoms with E-state index in [0.717, 1.165) is 31.1 Å². The number of fused-ring (bicyclic) bond motifs is 1. The minimum Gasteiger partial charge on any atom is -0.393 e. The summed E-state index contributed by atoms with van der Waals surface area (Å²) in [6.07, 6.45) is 9.20. The maximum atomic E-state index is 10.3. The number of hydrogen-bond donors (Lipinski definition) is 2. The Balaban J connectivity index is 1.92. The van der Waals surface area contributed by atoms with Crippen molar-refractivity contribution in [2.24, 2.45) is 23.2 Å². The van der Waals surface area contributed by atoms with Gasteiger partial charge < -0.3 is 10.2 Å². The molecule has 0 bridgehead atoms. The zero-order chi connectivity index (χ0) is 15.0. The first-order valence-electron chi connectivity index (χ1n) is 8.64. The minimum atomic E-state index is -0.525. The van der Waals surface area contributed by atoms with Crippen molar-refractivity contribution in [3.63, 3.8) is 0 Å². The smallest absolute Gasteiger partial charge is 0.0591 e. The highest BCUT2D eigenvalue weighted by atomic mass is 16.3. The van der Waals surface area contributed by atoms with Crippen molar-refractivity contribution >= 4 is 0 Å². The number of aliphatic hydroxyl groups excluding tert-OH is 1. The molecule has 0 spiro atoms. The lowest BCUT2D eigenvalue weighted by Crippen LogP contribution is -2.41. The second kappa shape index (κ2) is 5.96. The molecule has 0 aromatic carbocycles. The molecule has 0 aliphatic heterocycles. The first-order valence-corrected chi connectivity index (χ1v) is 8.64. The topological polar surface area (TPSA) is 40.5 Å². The maximum Gasteiger partial charge on any atom is 0.0591 e. The van der Waals surface area contributed by atoms with Gasteiger partial charge in [-0.3, -0.25) is 0 Å². The Morgan fingerprint density at radius 3 is 2.60 bits per heavy atom. The molecule has 2 aliphatic carbocycles. The molecule has 2 heteroatoms. The molecule has 2 nitrogen and oxygen atoms in total. The third-order valence-electron chi connectivity index (χ3n) is 6.30. The summed E-state index contributed by atoms with van der Waals surface area (Å²) in [7, 11) is 0. The van der Waals surface area contributed by atoms with E-state index in [4.69, 9.17) is 0 Å². The first-order chi connectivity index (χ1) is 9.24. The minimum absolute atomic E-state index is 0.0534. The van der Waals surface area contributed by atoms with Crippen LogP contribution in [0.5, 0.6) is 0 Å². The molecule has 5 atom stereocenters. The van der Waals surface area contributed by atoms with E-state index in [-0.39, 0.29) is 6.10 Å². The van der Waals surface area contributed by atoms with Gasteiger partial charge in [-0.1, -0.05) is 33.1 Å². The molecule has 0 aromatic rings. The zero-order valence-electron chi connectivity index (χ0n) is 13.9. The summed E-state index contributed by atoms with van der Waals surface area (Å²) in [5, 5.41) is 20.1. The summed E-state index contributed by atoms with van der Waals surface area (Å²) in [6, 6.07) is 0. The van der Waals surface area contributed by atoms with Crippen molar-refractivity contribution in [2.75, 3.05) is 0 Å². The fourth-order valence-electron chi connectivity index (χ4n) is 5.18. The Bertz CT molecular complexity index is 320. The third-order valence-corrected chi connectivity index (χ3v) is 6.30. The van der Waals surface area contributed by atoms with Crippen molar-refractivity contribution in [3.8, 4) is 0 Å². The highest BCUT2D eigenvalue weighted by Gasteiger charge is 2.51. The van der Waals surface area contributed by atoms with Crippen molar-refractivity contribution in [2.45, 2.75) is 90.8 Å². The molecule has 2 aliphatic rings. The molecule has 0 saturated heterocycles. The maximum absolute atomic E-state index is 10.3. The molecule has 1 unspecified atom stereocenters. The van der Waals surface area contributed by atoms with Crippen LogP contribution in [0.15, 0.2) is 0 Å². The molecule has 0 radical (unpaired) electrons. The van der Waals surface area contributed by atoms with Gasteiger partial charge in [-0.15, -0.1) is 0 Å². The molecule has 2 fully saturated rings. The van der Waals surface area contributed by atoms with Crippen molar-refractivity contribution in [1.82, 2.24) is 0 Å². The summed E-state index contributed by atoms with van der Waals surface area (Å²) in [4.78, 5) is 0. The van der Waals surface area contributed by atoms with E-state index in [0.29, 0.717) is 11.3 Å². The van der Waals surface area contributed by atoms with E-state index in [1.165, 1.54) is 32.1 Å². The second-order valence-electron chi connectivity index (χ2n) is 8.44. The van der Waals surface area contributed by atoms with Gasteiger partial charge >= 0.3 is 0 Å². The van der Waals surface area contributed by atoms with Gasteiger partial charge in [-0.2, -0.15) is 0 Å². The lowest BCUT2D eigenvalue weighted by molar-refractivity contribution is -0.0283. The summed E-state index contributed by atoms with van der Waals surface area (Å²) in [5.74, 6) is 2.03. The largest absolute Gasteiger partial charge is 0.393 e. The Hall–Kier alpha value is -0.0800. The number of rotatable bonds is 5. The Morgan fingerprint density at radius 1 is 1.25 bits per heavy atom. The van der Waals surface area contributed by atoms with Crippen LogP contribution in [-0.2, 0) is 0 Å². The Labute approximate surface area is 125 Å². The molecule has 118 valence electrons. The van der Waals surface area contributed by atoms with E-state index in [1.807, 2.05) is 13.8 Å². The quantitative estimate of drug-likeness (QED) is 0.795. The summed E-state index contributed by atoms with van der Waals surface area (Å²) >= 11 is 0. The van der Waals surface area contributed by atoms with Gasteiger partial charge in [0.1, 0.15) is 0 Å². The third kappa shape index (κ3) is 3.39. The molecule has 0 heterocycles. The number of aliphatic hydroxyl groups is 2. The van der Waals surface area contributed by atoms with Gasteiger partial charge in [0.15, 0.2) is 0 Å². The normalized spacial score (nSPS) is 39.6. The number of hydrogen-bond acceptors (Lipinski definition) is 2. The van der Waals surface area contributed by atoms with Gasteiger partial charge in [-0.25, -0.2) is 0 Å². The predicted octanol–water partition coefficient (Wildman–Crippen LogP) is 4.14.